The van der Waals surface area contributed by atoms with E-state index in [0.717, 1.165) is 28.6 Å². The Bertz CT molecular complexity index is 1620. The third-order valence-electron chi connectivity index (χ3n) is 6.79. The molecule has 2 N–H and O–H groups in total. The van der Waals surface area contributed by atoms with Crippen molar-refractivity contribution in [3.8, 4) is 11.5 Å². The van der Waals surface area contributed by atoms with E-state index in [1.54, 1.807) is 24.3 Å². The van der Waals surface area contributed by atoms with Gasteiger partial charge in [-0.3, -0.25) is 4.79 Å². The minimum atomic E-state index is -1.25. The zero-order valence-electron chi connectivity index (χ0n) is 21.5. The van der Waals surface area contributed by atoms with E-state index in [9.17, 15) is 23.5 Å². The summed E-state index contributed by atoms with van der Waals surface area (Å²) in [6.07, 6.45) is 1.24. The minimum Gasteiger partial charge on any atom is -0.497 e. The van der Waals surface area contributed by atoms with E-state index in [2.05, 4.69) is 4.98 Å². The number of carbonyl (C=O) groups excluding carboxylic acids is 1. The highest BCUT2D eigenvalue weighted by Crippen LogP contribution is 2.40. The van der Waals surface area contributed by atoms with Crippen LogP contribution in [0.5, 0.6) is 11.5 Å². The molecule has 2 heterocycles. The molecule has 0 aliphatic carbocycles. The van der Waals surface area contributed by atoms with E-state index in [-0.39, 0.29) is 24.3 Å². The van der Waals surface area contributed by atoms with Gasteiger partial charge in [0.15, 0.2) is 11.6 Å². The molecule has 9 heteroatoms. The number of hydrogen-bond donors (Lipinski definition) is 2. The fourth-order valence-corrected chi connectivity index (χ4v) is 4.95. The molecule has 0 radical (unpaired) electrons. The summed E-state index contributed by atoms with van der Waals surface area (Å²) in [5.74, 6) is -4.19. The fourth-order valence-electron chi connectivity index (χ4n) is 4.95. The second-order valence-corrected chi connectivity index (χ2v) is 9.99. The standard InChI is InChI=1S/C30H26F2N2O5/c1-30(2)16-34(14-21(29(36)37)27-25(30)20-6-4-5-7-23(20)33-27)28(35)18-12-22(31)26(32)24(13-18)39-15-17-8-10-19(38-3)11-9-17/h4-14,33H,15-16H2,1-3H3,(H,36,37). The quantitative estimate of drug-likeness (QED) is 0.323. The number of carbonyl (C=O) groups is 2. The third-order valence-corrected chi connectivity index (χ3v) is 6.79. The van der Waals surface area contributed by atoms with Gasteiger partial charge in [0, 0.05) is 34.6 Å². The Hall–Kier alpha value is -4.66. The summed E-state index contributed by atoms with van der Waals surface area (Å²) >= 11 is 0. The first-order chi connectivity index (χ1) is 18.6. The molecule has 0 fully saturated rings. The number of fused-ring (bicyclic) bond motifs is 3. The number of aromatic amines is 1. The van der Waals surface area contributed by atoms with Gasteiger partial charge in [-0.05, 0) is 41.5 Å². The minimum absolute atomic E-state index is 0.0699. The van der Waals surface area contributed by atoms with E-state index in [0.29, 0.717) is 17.0 Å². The summed E-state index contributed by atoms with van der Waals surface area (Å²) < 4.78 is 39.9. The molecule has 4 aromatic rings. The van der Waals surface area contributed by atoms with Crippen LogP contribution in [0.3, 0.4) is 0 Å². The number of carboxylic acids is 1. The zero-order valence-corrected chi connectivity index (χ0v) is 21.5. The van der Waals surface area contributed by atoms with E-state index in [1.165, 1.54) is 18.2 Å². The van der Waals surface area contributed by atoms with Crippen LogP contribution in [-0.2, 0) is 16.8 Å². The monoisotopic (exact) mass is 532 g/mol. The van der Waals surface area contributed by atoms with Crippen LogP contribution in [0.1, 0.15) is 41.0 Å². The number of para-hydroxylation sites is 1. The largest absolute Gasteiger partial charge is 0.497 e. The number of H-pyrrole nitrogens is 1. The highest BCUT2D eigenvalue weighted by atomic mass is 19.2. The number of halogens is 2. The van der Waals surface area contributed by atoms with Gasteiger partial charge in [-0.2, -0.15) is 4.39 Å². The third kappa shape index (κ3) is 4.83. The molecule has 0 unspecified atom stereocenters. The number of rotatable bonds is 6. The van der Waals surface area contributed by atoms with E-state index in [4.69, 9.17) is 9.47 Å². The first kappa shape index (κ1) is 26.0. The first-order valence-corrected chi connectivity index (χ1v) is 12.2. The number of nitrogens with zero attached hydrogens (tertiary/aromatic N) is 1. The molecule has 200 valence electrons. The molecule has 1 aromatic heterocycles. The van der Waals surface area contributed by atoms with Crippen molar-refractivity contribution in [3.05, 3.63) is 101 Å². The van der Waals surface area contributed by atoms with Crippen molar-refractivity contribution < 1.29 is 33.0 Å². The molecule has 7 nitrogen and oxygen atoms in total. The van der Waals surface area contributed by atoms with E-state index >= 15 is 0 Å². The number of aromatic nitrogens is 1. The second kappa shape index (κ2) is 9.90. The van der Waals surface area contributed by atoms with Crippen molar-refractivity contribution in [1.82, 2.24) is 9.88 Å². The SMILES string of the molecule is COc1ccc(COc2cc(C(=O)N3C=C(C(=O)O)c4[nH]c5ccccc5c4C(C)(C)C3)cc(F)c2F)cc1. The lowest BCUT2D eigenvalue weighted by molar-refractivity contribution is -0.130. The fraction of sp³-hybridized carbons (Fsp3) is 0.200. The lowest BCUT2D eigenvalue weighted by atomic mass is 9.81. The van der Waals surface area contributed by atoms with Crippen LogP contribution in [0, 0.1) is 11.6 Å². The lowest BCUT2D eigenvalue weighted by Gasteiger charge is -2.29. The van der Waals surface area contributed by atoms with Crippen LogP contribution in [-0.4, -0.2) is 40.5 Å². The Morgan fingerprint density at radius 3 is 2.49 bits per heavy atom. The van der Waals surface area contributed by atoms with Gasteiger partial charge >= 0.3 is 5.97 Å². The predicted molar refractivity (Wildman–Crippen MR) is 142 cm³/mol. The summed E-state index contributed by atoms with van der Waals surface area (Å²) in [6, 6.07) is 16.2. The maximum Gasteiger partial charge on any atom is 0.339 e. The average molecular weight is 533 g/mol. The number of methoxy groups -OCH3 is 1. The van der Waals surface area contributed by atoms with E-state index < -0.39 is 34.7 Å². The normalized spacial score (nSPS) is 14.4. The average Bonchev–Trinajstić information content (AvgIpc) is 3.26. The highest BCUT2D eigenvalue weighted by Gasteiger charge is 2.37. The predicted octanol–water partition coefficient (Wildman–Crippen LogP) is 5.89. The van der Waals surface area contributed by atoms with Crippen molar-refractivity contribution in [2.24, 2.45) is 0 Å². The van der Waals surface area contributed by atoms with Gasteiger partial charge in [0.2, 0.25) is 5.82 Å². The topological polar surface area (TPSA) is 91.9 Å². The highest BCUT2D eigenvalue weighted by molar-refractivity contribution is 6.17. The summed E-state index contributed by atoms with van der Waals surface area (Å²) in [5, 5.41) is 10.9. The molecule has 5 rings (SSSR count). The molecule has 1 aliphatic heterocycles. The van der Waals surface area contributed by atoms with Crippen LogP contribution >= 0.6 is 0 Å². The van der Waals surface area contributed by atoms with Crippen molar-refractivity contribution >= 4 is 28.4 Å². The van der Waals surface area contributed by atoms with Gasteiger partial charge in [0.1, 0.15) is 12.4 Å². The Morgan fingerprint density at radius 1 is 1.08 bits per heavy atom. The molecular weight excluding hydrogens is 506 g/mol. The van der Waals surface area contributed by atoms with Gasteiger partial charge in [-0.15, -0.1) is 0 Å². The van der Waals surface area contributed by atoms with Crippen molar-refractivity contribution in [3.63, 3.8) is 0 Å². The number of nitrogens with one attached hydrogen (secondary N) is 1. The Labute approximate surface area is 223 Å². The molecular formula is C30H26F2N2O5. The summed E-state index contributed by atoms with van der Waals surface area (Å²) in [7, 11) is 1.53. The Kier molecular flexibility index (Phi) is 6.59. The number of benzene rings is 3. The molecule has 1 amide bonds. The maximum absolute atomic E-state index is 14.6. The molecule has 0 bridgehead atoms. The van der Waals surface area contributed by atoms with Crippen molar-refractivity contribution in [2.75, 3.05) is 13.7 Å². The molecule has 0 saturated carbocycles. The molecule has 1 aliphatic rings. The second-order valence-electron chi connectivity index (χ2n) is 9.99. The van der Waals surface area contributed by atoms with Crippen LogP contribution in [0.25, 0.3) is 16.5 Å². The van der Waals surface area contributed by atoms with Crippen LogP contribution in [0.2, 0.25) is 0 Å². The number of carboxylic acid groups (broad SMARTS) is 1. The zero-order chi connectivity index (χ0) is 27.9. The Morgan fingerprint density at radius 2 is 1.79 bits per heavy atom. The van der Waals surface area contributed by atoms with Crippen LogP contribution < -0.4 is 9.47 Å². The van der Waals surface area contributed by atoms with Gasteiger partial charge in [-0.1, -0.05) is 44.2 Å². The first-order valence-electron chi connectivity index (χ1n) is 12.2. The summed E-state index contributed by atoms with van der Waals surface area (Å²) in [5.41, 5.74) is 1.65. The summed E-state index contributed by atoms with van der Waals surface area (Å²) in [4.78, 5) is 30.3. The maximum atomic E-state index is 14.6. The van der Waals surface area contributed by atoms with Crippen LogP contribution in [0.15, 0.2) is 66.9 Å². The van der Waals surface area contributed by atoms with Crippen molar-refractivity contribution in [2.45, 2.75) is 25.9 Å². The van der Waals surface area contributed by atoms with Crippen molar-refractivity contribution in [1.29, 1.82) is 0 Å². The molecule has 0 atom stereocenters. The number of hydrogen-bond acceptors (Lipinski definition) is 4. The van der Waals surface area contributed by atoms with Crippen LogP contribution in [0.4, 0.5) is 8.78 Å². The summed E-state index contributed by atoms with van der Waals surface area (Å²) in [6.45, 7) is 3.83. The molecule has 39 heavy (non-hydrogen) atoms. The van der Waals surface area contributed by atoms with E-state index in [1.807, 2.05) is 38.1 Å². The van der Waals surface area contributed by atoms with Gasteiger partial charge in [0.25, 0.3) is 5.91 Å². The number of ether oxygens (including phenoxy) is 2. The van der Waals surface area contributed by atoms with Gasteiger partial charge in [-0.25, -0.2) is 9.18 Å². The number of amides is 1. The number of aliphatic carboxylic acids is 1. The molecule has 0 spiro atoms. The van der Waals surface area contributed by atoms with Gasteiger partial charge in [0.05, 0.1) is 18.4 Å². The Balaban J connectivity index is 1.50. The molecule has 0 saturated heterocycles. The van der Waals surface area contributed by atoms with Gasteiger partial charge < -0.3 is 24.5 Å². The smallest absolute Gasteiger partial charge is 0.339 e. The molecule has 3 aromatic carbocycles. The lowest BCUT2D eigenvalue weighted by Crippen LogP contribution is -2.37.